The molecule has 2 aliphatic rings. The van der Waals surface area contributed by atoms with Crippen molar-refractivity contribution in [2.45, 2.75) is 37.8 Å². The molecule has 7 N–H and O–H groups in total. The molecule has 1 amide bonds. The quantitative estimate of drug-likeness (QED) is 0.258. The average molecular weight is 570 g/mol. The van der Waals surface area contributed by atoms with Crippen molar-refractivity contribution >= 4 is 60.6 Å². The molecule has 12 nitrogen and oxygen atoms in total. The smallest absolute Gasteiger partial charge is 0.254 e. The number of fused-ring (bicyclic) bond motifs is 1. The maximum Gasteiger partial charge on any atom is 0.254 e. The van der Waals surface area contributed by atoms with Crippen molar-refractivity contribution < 1.29 is 19.7 Å². The number of nitrogens with one attached hydrogen (secondary N) is 2. The Morgan fingerprint density at radius 1 is 1.15 bits per heavy atom. The summed E-state index contributed by atoms with van der Waals surface area (Å²) >= 11 is 2.86. The molecule has 204 valence electrons. The van der Waals surface area contributed by atoms with Gasteiger partial charge >= 0.3 is 0 Å². The standard InChI is InChI=1S/C25H28N8O4S2/c26-15-3-1-2-4-16(15)30-25-29-10-13(22(27)35)23(32-25)31-18-11-28-24(38-18)14-12-37-20-17(34)9-19(39-21(14)20)33-5-7-36-8-6-33/h9-12,15-16H,1-8,26H2,(H2,27,35)(H2,29,30,31,32)/p+1/t15-,16+/m1/s1. The van der Waals surface area contributed by atoms with Crippen LogP contribution in [0.3, 0.4) is 0 Å². The molecule has 2 atom stereocenters. The van der Waals surface area contributed by atoms with E-state index in [1.54, 1.807) is 18.5 Å². The van der Waals surface area contributed by atoms with E-state index < -0.39 is 5.91 Å². The Kier molecular flexibility index (Phi) is 7.16. The Labute approximate surface area is 231 Å². The number of amides is 1. The van der Waals surface area contributed by atoms with Crippen molar-refractivity contribution in [2.24, 2.45) is 5.73 Å². The molecule has 0 radical (unpaired) electrons. The number of primary amides is 1. The van der Waals surface area contributed by atoms with E-state index in [9.17, 15) is 9.59 Å². The maximum atomic E-state index is 12.8. The molecule has 0 spiro atoms. The van der Waals surface area contributed by atoms with Gasteiger partial charge in [-0.25, -0.2) is 9.97 Å². The molecule has 0 aromatic carbocycles. The van der Waals surface area contributed by atoms with E-state index in [0.29, 0.717) is 40.6 Å². The van der Waals surface area contributed by atoms with Gasteiger partial charge in [0.25, 0.3) is 5.91 Å². The first-order valence-corrected chi connectivity index (χ1v) is 14.5. The van der Waals surface area contributed by atoms with Crippen LogP contribution in [0.2, 0.25) is 0 Å². The summed E-state index contributed by atoms with van der Waals surface area (Å²) in [7, 11) is 0. The number of anilines is 4. The van der Waals surface area contributed by atoms with Crippen molar-refractivity contribution in [3.8, 4) is 10.6 Å². The summed E-state index contributed by atoms with van der Waals surface area (Å²) in [4.78, 5) is 40.5. The summed E-state index contributed by atoms with van der Waals surface area (Å²) in [6.07, 6.45) is 8.99. The number of rotatable bonds is 7. The molecule has 14 heteroatoms. The molecule has 1 aliphatic carbocycles. The van der Waals surface area contributed by atoms with Crippen molar-refractivity contribution in [1.82, 2.24) is 15.0 Å². The number of quaternary nitrogens is 1. The van der Waals surface area contributed by atoms with E-state index in [1.807, 2.05) is 0 Å². The van der Waals surface area contributed by atoms with Crippen LogP contribution in [0.1, 0.15) is 36.0 Å². The van der Waals surface area contributed by atoms with Gasteiger partial charge in [-0.2, -0.15) is 4.98 Å². The number of furan rings is 1. The summed E-state index contributed by atoms with van der Waals surface area (Å²) < 4.78 is 11.8. The van der Waals surface area contributed by atoms with Crippen LogP contribution in [0, 0.1) is 0 Å². The third kappa shape index (κ3) is 5.32. The summed E-state index contributed by atoms with van der Waals surface area (Å²) in [5.41, 5.74) is 10.9. The minimum absolute atomic E-state index is 0.166. The zero-order valence-electron chi connectivity index (χ0n) is 21.1. The molecule has 5 heterocycles. The Morgan fingerprint density at radius 2 is 1.97 bits per heavy atom. The van der Waals surface area contributed by atoms with E-state index in [4.69, 9.17) is 14.9 Å². The first-order valence-electron chi connectivity index (χ1n) is 12.8. The van der Waals surface area contributed by atoms with Crippen LogP contribution < -0.4 is 32.4 Å². The Hall–Kier alpha value is -3.59. The van der Waals surface area contributed by atoms with Gasteiger partial charge in [0, 0.05) is 31.8 Å². The van der Waals surface area contributed by atoms with Crippen molar-refractivity contribution in [3.05, 3.63) is 40.5 Å². The molecular formula is C25H29N8O4S2+. The van der Waals surface area contributed by atoms with Gasteiger partial charge in [0.1, 0.15) is 33.7 Å². The van der Waals surface area contributed by atoms with Crippen LogP contribution in [0.5, 0.6) is 0 Å². The second-order valence-corrected chi connectivity index (χ2v) is 11.7. The molecule has 1 saturated carbocycles. The fourth-order valence-electron chi connectivity index (χ4n) is 4.88. The highest BCUT2D eigenvalue weighted by Gasteiger charge is 2.26. The minimum atomic E-state index is -0.636. The van der Waals surface area contributed by atoms with E-state index in [0.717, 1.165) is 47.6 Å². The maximum absolute atomic E-state index is 12.8. The molecule has 0 unspecified atom stereocenters. The van der Waals surface area contributed by atoms with Gasteiger partial charge in [-0.1, -0.05) is 17.8 Å². The molecular weight excluding hydrogens is 540 g/mol. The lowest BCUT2D eigenvalue weighted by atomic mass is 9.91. The highest BCUT2D eigenvalue weighted by Crippen LogP contribution is 2.39. The fourth-order valence-corrected chi connectivity index (χ4v) is 6.96. The molecule has 1 saturated heterocycles. The zero-order chi connectivity index (χ0) is 26.9. The average Bonchev–Trinajstić information content (AvgIpc) is 3.58. The number of morpholine rings is 1. The third-order valence-electron chi connectivity index (χ3n) is 7.01. The van der Waals surface area contributed by atoms with Crippen LogP contribution in [0.4, 0.5) is 21.8 Å². The van der Waals surface area contributed by atoms with Gasteiger partial charge in [-0.15, -0.1) is 11.3 Å². The number of thiazole rings is 1. The predicted octanol–water partition coefficient (Wildman–Crippen LogP) is 2.41. The van der Waals surface area contributed by atoms with Crippen LogP contribution in [0.25, 0.3) is 20.9 Å². The van der Waals surface area contributed by atoms with Gasteiger partial charge in [0.15, 0.2) is 5.58 Å². The van der Waals surface area contributed by atoms with Crippen LogP contribution in [-0.4, -0.2) is 59.2 Å². The molecule has 2 fully saturated rings. The lowest BCUT2D eigenvalue weighted by Crippen LogP contribution is -2.68. The number of nitrogens with zero attached hydrogens (tertiary/aromatic N) is 4. The van der Waals surface area contributed by atoms with Gasteiger partial charge in [-0.05, 0) is 12.8 Å². The molecule has 4 aromatic rings. The zero-order valence-corrected chi connectivity index (χ0v) is 22.8. The minimum Gasteiger partial charge on any atom is -0.459 e. The number of carbonyl (C=O) groups is 1. The van der Waals surface area contributed by atoms with Gasteiger partial charge in [-0.3, -0.25) is 9.59 Å². The predicted molar refractivity (Wildman–Crippen MR) is 151 cm³/mol. The fraction of sp³-hybridized carbons (Fsp3) is 0.400. The summed E-state index contributed by atoms with van der Waals surface area (Å²) in [6.45, 7) is 2.72. The Morgan fingerprint density at radius 3 is 2.77 bits per heavy atom. The molecule has 39 heavy (non-hydrogen) atoms. The van der Waals surface area contributed by atoms with E-state index in [-0.39, 0.29) is 23.1 Å². The Balaban J connectivity index is 1.28. The third-order valence-corrected chi connectivity index (χ3v) is 9.15. The molecule has 0 bridgehead atoms. The van der Waals surface area contributed by atoms with E-state index in [1.165, 1.54) is 35.3 Å². The van der Waals surface area contributed by atoms with Gasteiger partial charge < -0.3 is 36.2 Å². The van der Waals surface area contributed by atoms with Gasteiger partial charge in [0.2, 0.25) is 11.4 Å². The first-order chi connectivity index (χ1) is 19.0. The van der Waals surface area contributed by atoms with Gasteiger partial charge in [0.05, 0.1) is 40.7 Å². The first kappa shape index (κ1) is 25.7. The van der Waals surface area contributed by atoms with Crippen molar-refractivity contribution in [2.75, 3.05) is 41.8 Å². The van der Waals surface area contributed by atoms with E-state index >= 15 is 0 Å². The monoisotopic (exact) mass is 569 g/mol. The van der Waals surface area contributed by atoms with Crippen LogP contribution in [0.15, 0.2) is 33.9 Å². The second kappa shape index (κ2) is 10.9. The number of hydrogen-bond donors (Lipinski definition) is 4. The molecule has 4 aromatic heterocycles. The summed E-state index contributed by atoms with van der Waals surface area (Å²) in [5, 5.41) is 8.75. The second-order valence-electron chi connectivity index (χ2n) is 9.63. The Bertz CT molecular complexity index is 1560. The van der Waals surface area contributed by atoms with Crippen molar-refractivity contribution in [1.29, 1.82) is 0 Å². The van der Waals surface area contributed by atoms with E-state index in [2.05, 4.69) is 36.2 Å². The number of nitrogens with two attached hydrogens (primary N) is 1. The largest absolute Gasteiger partial charge is 0.459 e. The number of carbonyl (C=O) groups excluding carboxylic acids is 1. The number of aromatic nitrogens is 3. The van der Waals surface area contributed by atoms with Crippen LogP contribution in [-0.2, 0) is 4.74 Å². The lowest BCUT2D eigenvalue weighted by molar-refractivity contribution is -0.427. The SMILES string of the molecule is NC(=O)c1cnc(N[C@H]2CCCC[C@H]2[NH3+])nc1Nc1cnc(-c2coc3c(=O)cc(N4CCOCC4)sc23)s1. The highest BCUT2D eigenvalue weighted by molar-refractivity contribution is 7.23. The molecule has 6 rings (SSSR count). The highest BCUT2D eigenvalue weighted by atomic mass is 32.1. The summed E-state index contributed by atoms with van der Waals surface area (Å²) in [5.74, 6) is 0.0692. The normalized spacial score (nSPS) is 19.8. The van der Waals surface area contributed by atoms with Crippen molar-refractivity contribution in [3.63, 3.8) is 0 Å². The number of hydrogen-bond acceptors (Lipinski definition) is 12. The topological polar surface area (TPSA) is 176 Å². The number of ether oxygens (including phenoxy) is 1. The lowest BCUT2D eigenvalue weighted by Gasteiger charge is -2.27. The van der Waals surface area contributed by atoms with Crippen LogP contribution >= 0.6 is 22.7 Å². The summed E-state index contributed by atoms with van der Waals surface area (Å²) in [6, 6.07) is 2.06. The molecule has 1 aliphatic heterocycles.